The van der Waals surface area contributed by atoms with E-state index in [2.05, 4.69) is 13.0 Å². The van der Waals surface area contributed by atoms with E-state index in [0.29, 0.717) is 16.3 Å². The number of nitrogens with two attached hydrogens (primary N) is 1. The quantitative estimate of drug-likeness (QED) is 0.830. The Kier molecular flexibility index (Phi) is 4.46. The Balaban J connectivity index is 2.32. The van der Waals surface area contributed by atoms with Crippen molar-refractivity contribution in [1.29, 1.82) is 0 Å². The first-order valence-electron chi connectivity index (χ1n) is 6.43. The van der Waals surface area contributed by atoms with Gasteiger partial charge in [-0.15, -0.1) is 0 Å². The molecule has 0 spiro atoms. The molecule has 3 heteroatoms. The number of anilines is 1. The predicted molar refractivity (Wildman–Crippen MR) is 80.4 cm³/mol. The first-order valence-corrected chi connectivity index (χ1v) is 6.81. The average molecular weight is 276 g/mol. The lowest BCUT2D eigenvalue weighted by Gasteiger charge is -2.15. The minimum absolute atomic E-state index is 0.515. The van der Waals surface area contributed by atoms with Gasteiger partial charge in [0.1, 0.15) is 6.10 Å². The summed E-state index contributed by atoms with van der Waals surface area (Å²) in [6, 6.07) is 13.2. The number of aliphatic hydroxyl groups is 1. The van der Waals surface area contributed by atoms with Gasteiger partial charge in [0.25, 0.3) is 0 Å². The van der Waals surface area contributed by atoms with E-state index < -0.39 is 6.10 Å². The molecule has 0 aliphatic carbocycles. The molecule has 0 saturated heterocycles. The second-order valence-corrected chi connectivity index (χ2v) is 5.11. The van der Waals surface area contributed by atoms with Crippen molar-refractivity contribution >= 4 is 17.3 Å². The highest BCUT2D eigenvalue weighted by atomic mass is 35.5. The van der Waals surface area contributed by atoms with E-state index in [1.807, 2.05) is 18.2 Å². The summed E-state index contributed by atoms with van der Waals surface area (Å²) in [7, 11) is 0. The third-order valence-corrected chi connectivity index (χ3v) is 3.38. The average Bonchev–Trinajstić information content (AvgIpc) is 2.39. The minimum atomic E-state index is -0.714. The molecule has 19 heavy (non-hydrogen) atoms. The van der Waals surface area contributed by atoms with Crippen molar-refractivity contribution in [1.82, 2.24) is 0 Å². The summed E-state index contributed by atoms with van der Waals surface area (Å²) in [5.41, 5.74) is 9.21. The SMILES string of the molecule is CCCc1cccc(C(O)c2ccc(Cl)cc2N)c1. The number of benzene rings is 2. The molecule has 0 fully saturated rings. The number of halogens is 1. The van der Waals surface area contributed by atoms with Crippen LogP contribution in [0.1, 0.15) is 36.1 Å². The van der Waals surface area contributed by atoms with Crippen LogP contribution in [-0.2, 0) is 6.42 Å². The van der Waals surface area contributed by atoms with Gasteiger partial charge in [-0.3, -0.25) is 0 Å². The van der Waals surface area contributed by atoms with Crippen molar-refractivity contribution in [3.8, 4) is 0 Å². The third kappa shape index (κ3) is 3.28. The summed E-state index contributed by atoms with van der Waals surface area (Å²) >= 11 is 5.87. The molecule has 2 nitrogen and oxygen atoms in total. The van der Waals surface area contributed by atoms with Crippen LogP contribution in [0.3, 0.4) is 0 Å². The number of hydrogen-bond donors (Lipinski definition) is 2. The van der Waals surface area contributed by atoms with Gasteiger partial charge in [0.15, 0.2) is 0 Å². The molecular formula is C16H18ClNO. The number of rotatable bonds is 4. The van der Waals surface area contributed by atoms with Crippen LogP contribution in [0.2, 0.25) is 5.02 Å². The molecule has 2 aromatic rings. The van der Waals surface area contributed by atoms with Gasteiger partial charge in [-0.05, 0) is 29.7 Å². The molecule has 3 N–H and O–H groups in total. The highest BCUT2D eigenvalue weighted by molar-refractivity contribution is 6.30. The molecule has 2 rings (SSSR count). The van der Waals surface area contributed by atoms with Crippen LogP contribution in [-0.4, -0.2) is 5.11 Å². The van der Waals surface area contributed by atoms with Gasteiger partial charge in [-0.1, -0.05) is 55.3 Å². The molecule has 1 atom stereocenters. The maximum Gasteiger partial charge on any atom is 0.106 e. The van der Waals surface area contributed by atoms with Crippen molar-refractivity contribution in [2.45, 2.75) is 25.9 Å². The van der Waals surface area contributed by atoms with E-state index in [4.69, 9.17) is 17.3 Å². The number of hydrogen-bond acceptors (Lipinski definition) is 2. The Morgan fingerprint density at radius 1 is 1.21 bits per heavy atom. The second kappa shape index (κ2) is 6.09. The lowest BCUT2D eigenvalue weighted by atomic mass is 9.97. The van der Waals surface area contributed by atoms with Crippen LogP contribution < -0.4 is 5.73 Å². The Bertz CT molecular complexity index is 568. The molecule has 0 heterocycles. The monoisotopic (exact) mass is 275 g/mol. The topological polar surface area (TPSA) is 46.2 Å². The summed E-state index contributed by atoms with van der Waals surface area (Å²) < 4.78 is 0. The number of aliphatic hydroxyl groups excluding tert-OH is 1. The Labute approximate surface area is 118 Å². The van der Waals surface area contributed by atoms with Crippen LogP contribution >= 0.6 is 11.6 Å². The first-order chi connectivity index (χ1) is 9.11. The van der Waals surface area contributed by atoms with E-state index in [-0.39, 0.29) is 0 Å². The van der Waals surface area contributed by atoms with Crippen molar-refractivity contribution in [3.63, 3.8) is 0 Å². The van der Waals surface area contributed by atoms with Gasteiger partial charge in [-0.25, -0.2) is 0 Å². The maximum atomic E-state index is 10.4. The molecule has 0 aliphatic heterocycles. The van der Waals surface area contributed by atoms with Crippen LogP contribution in [0, 0.1) is 0 Å². The van der Waals surface area contributed by atoms with Crippen LogP contribution in [0.25, 0.3) is 0 Å². The Hall–Kier alpha value is -1.51. The summed E-state index contributed by atoms with van der Waals surface area (Å²) in [5, 5.41) is 11.0. The predicted octanol–water partition coefficient (Wildman–Crippen LogP) is 3.96. The normalized spacial score (nSPS) is 12.4. The summed E-state index contributed by atoms with van der Waals surface area (Å²) in [6.45, 7) is 2.14. The fraction of sp³-hybridized carbons (Fsp3) is 0.250. The lowest BCUT2D eigenvalue weighted by Crippen LogP contribution is -2.04. The van der Waals surface area contributed by atoms with Gasteiger partial charge >= 0.3 is 0 Å². The largest absolute Gasteiger partial charge is 0.398 e. The second-order valence-electron chi connectivity index (χ2n) is 4.67. The van der Waals surface area contributed by atoms with Crippen molar-refractivity contribution < 1.29 is 5.11 Å². The van der Waals surface area contributed by atoms with Crippen LogP contribution in [0.15, 0.2) is 42.5 Å². The lowest BCUT2D eigenvalue weighted by molar-refractivity contribution is 0.221. The van der Waals surface area contributed by atoms with Gasteiger partial charge in [0.2, 0.25) is 0 Å². The van der Waals surface area contributed by atoms with Crippen molar-refractivity contribution in [2.75, 3.05) is 5.73 Å². The fourth-order valence-electron chi connectivity index (χ4n) is 2.18. The summed E-state index contributed by atoms with van der Waals surface area (Å²) in [4.78, 5) is 0. The number of nitrogen functional groups attached to an aromatic ring is 1. The smallest absolute Gasteiger partial charge is 0.106 e. The Morgan fingerprint density at radius 3 is 2.68 bits per heavy atom. The molecular weight excluding hydrogens is 258 g/mol. The molecule has 0 aromatic heterocycles. The van der Waals surface area contributed by atoms with Gasteiger partial charge < -0.3 is 10.8 Å². The first kappa shape index (κ1) is 13.9. The van der Waals surface area contributed by atoms with E-state index in [1.54, 1.807) is 18.2 Å². The van der Waals surface area contributed by atoms with Crippen LogP contribution in [0.5, 0.6) is 0 Å². The van der Waals surface area contributed by atoms with E-state index in [1.165, 1.54) is 5.56 Å². The van der Waals surface area contributed by atoms with E-state index in [0.717, 1.165) is 18.4 Å². The van der Waals surface area contributed by atoms with Gasteiger partial charge in [-0.2, -0.15) is 0 Å². The highest BCUT2D eigenvalue weighted by Gasteiger charge is 2.14. The molecule has 0 aliphatic rings. The number of aryl methyl sites for hydroxylation is 1. The zero-order chi connectivity index (χ0) is 13.8. The van der Waals surface area contributed by atoms with E-state index >= 15 is 0 Å². The Morgan fingerprint density at radius 2 is 2.00 bits per heavy atom. The molecule has 2 aromatic carbocycles. The molecule has 100 valence electrons. The van der Waals surface area contributed by atoms with Crippen LogP contribution in [0.4, 0.5) is 5.69 Å². The minimum Gasteiger partial charge on any atom is -0.398 e. The van der Waals surface area contributed by atoms with Gasteiger partial charge in [0.05, 0.1) is 0 Å². The maximum absolute atomic E-state index is 10.4. The molecule has 0 saturated carbocycles. The summed E-state index contributed by atoms with van der Waals surface area (Å²) in [6.07, 6.45) is 1.38. The molecule has 0 bridgehead atoms. The molecule has 0 radical (unpaired) electrons. The zero-order valence-electron chi connectivity index (χ0n) is 10.9. The standard InChI is InChI=1S/C16H18ClNO/c1-2-4-11-5-3-6-12(9-11)16(19)14-8-7-13(17)10-15(14)18/h3,5-10,16,19H,2,4,18H2,1H3. The highest BCUT2D eigenvalue weighted by Crippen LogP contribution is 2.29. The molecule has 0 amide bonds. The van der Waals surface area contributed by atoms with Crippen molar-refractivity contribution in [2.24, 2.45) is 0 Å². The fourth-order valence-corrected chi connectivity index (χ4v) is 2.36. The van der Waals surface area contributed by atoms with Crippen molar-refractivity contribution in [3.05, 3.63) is 64.2 Å². The van der Waals surface area contributed by atoms with E-state index in [9.17, 15) is 5.11 Å². The summed E-state index contributed by atoms with van der Waals surface area (Å²) in [5.74, 6) is 0. The zero-order valence-corrected chi connectivity index (χ0v) is 11.7. The molecule has 1 unspecified atom stereocenters. The van der Waals surface area contributed by atoms with Gasteiger partial charge in [0, 0.05) is 16.3 Å². The third-order valence-electron chi connectivity index (χ3n) is 3.15.